The van der Waals surface area contributed by atoms with Gasteiger partial charge in [-0.25, -0.2) is 5.84 Å². The number of hydrazine groups is 1. The number of aryl methyl sites for hydroxylation is 2. The Kier molecular flexibility index (Phi) is 31.3. The number of unbranched alkanes of at least 4 members (excludes halogenated alkanes) is 1. The van der Waals surface area contributed by atoms with Crippen molar-refractivity contribution >= 4 is 64.8 Å². The fourth-order valence-electron chi connectivity index (χ4n) is 7.17. The van der Waals surface area contributed by atoms with Crippen LogP contribution in [0.4, 0.5) is 0 Å². The molecule has 440 valence electrons. The van der Waals surface area contributed by atoms with Gasteiger partial charge >= 0.3 is 0 Å². The summed E-state index contributed by atoms with van der Waals surface area (Å²) in [6, 6.07) is 20.9. The number of aliphatic hydroxyl groups excluding tert-OH is 1. The molecule has 0 aliphatic heterocycles. The van der Waals surface area contributed by atoms with Crippen LogP contribution in [0, 0.1) is 6.92 Å². The normalized spacial score (nSPS) is 12.1. The van der Waals surface area contributed by atoms with Crippen molar-refractivity contribution in [2.24, 2.45) is 28.8 Å². The number of phenolic OH excluding ortho intramolecular Hbond substituents is 2. The molecular formula is C55H76ClN13O12. The Labute approximate surface area is 475 Å². The average Bonchev–Trinajstić information content (AvgIpc) is 3.42. The third-order valence-electron chi connectivity index (χ3n) is 11.3. The smallest absolute Gasteiger partial charge is 0.248 e. The van der Waals surface area contributed by atoms with E-state index >= 15 is 0 Å². The van der Waals surface area contributed by atoms with Gasteiger partial charge < -0.3 is 80.5 Å². The Morgan fingerprint density at radius 1 is 0.593 bits per heavy atom. The molecule has 0 radical (unpaired) electrons. The van der Waals surface area contributed by atoms with Crippen LogP contribution in [0.3, 0.4) is 0 Å². The molecule has 4 aromatic carbocycles. The van der Waals surface area contributed by atoms with Crippen LogP contribution in [0.5, 0.6) is 11.5 Å². The maximum absolute atomic E-state index is 13.9. The summed E-state index contributed by atoms with van der Waals surface area (Å²) in [7, 11) is 1.51. The minimum Gasteiger partial charge on any atom is -0.508 e. The summed E-state index contributed by atoms with van der Waals surface area (Å²) in [5.41, 5.74) is 26.0. The predicted octanol–water partition coefficient (Wildman–Crippen LogP) is -0.840. The van der Waals surface area contributed by atoms with Crippen LogP contribution in [-0.4, -0.2) is 137 Å². The van der Waals surface area contributed by atoms with Crippen LogP contribution in [-0.2, 0) is 57.6 Å². The van der Waals surface area contributed by atoms with Crippen LogP contribution in [0.15, 0.2) is 109 Å². The number of amides is 9. The third kappa shape index (κ3) is 29.1. The molecule has 0 saturated carbocycles. The number of carbonyl (C=O) groups excluding carboxylic acids is 9. The summed E-state index contributed by atoms with van der Waals surface area (Å²) >= 11 is 5.97. The summed E-state index contributed by atoms with van der Waals surface area (Å²) in [6.07, 6.45) is 2.41. The van der Waals surface area contributed by atoms with E-state index in [1.807, 2.05) is 19.1 Å². The van der Waals surface area contributed by atoms with Crippen molar-refractivity contribution in [3.63, 3.8) is 0 Å². The number of nitrogens with one attached hydrogen (secondary N) is 7. The van der Waals surface area contributed by atoms with Crippen LogP contribution >= 0.6 is 11.6 Å². The molecule has 25 nitrogen and oxygen atoms in total. The lowest BCUT2D eigenvalue weighted by atomic mass is 10.0. The zero-order valence-corrected chi connectivity index (χ0v) is 46.3. The van der Waals surface area contributed by atoms with E-state index in [2.05, 4.69) is 37.2 Å². The molecule has 4 aromatic rings. The van der Waals surface area contributed by atoms with E-state index in [0.717, 1.165) is 11.1 Å². The molecule has 9 amide bonds. The molecule has 4 atom stereocenters. The highest BCUT2D eigenvalue weighted by atomic mass is 35.5. The summed E-state index contributed by atoms with van der Waals surface area (Å²) in [6.45, 7) is 2.38. The number of nitrogens with two attached hydrogens (primary N) is 5. The third-order valence-corrected chi connectivity index (χ3v) is 11.6. The molecule has 0 aliphatic rings. The van der Waals surface area contributed by atoms with Gasteiger partial charge in [-0.2, -0.15) is 0 Å². The Morgan fingerprint density at radius 2 is 1.06 bits per heavy atom. The van der Waals surface area contributed by atoms with Crippen molar-refractivity contribution in [2.45, 2.75) is 89.4 Å². The van der Waals surface area contributed by atoms with Gasteiger partial charge in [-0.1, -0.05) is 65.7 Å². The second-order valence-corrected chi connectivity index (χ2v) is 18.7. The lowest BCUT2D eigenvalue weighted by molar-refractivity contribution is -0.133. The molecular weight excluding hydrogens is 1070 g/mol. The van der Waals surface area contributed by atoms with Gasteiger partial charge in [0.15, 0.2) is 0 Å². The van der Waals surface area contributed by atoms with E-state index in [9.17, 15) is 53.4 Å². The van der Waals surface area contributed by atoms with Crippen molar-refractivity contribution in [3.05, 3.63) is 142 Å². The summed E-state index contributed by atoms with van der Waals surface area (Å²) in [5.74, 6) is -0.669. The first kappa shape index (κ1) is 68.3. The lowest BCUT2D eigenvalue weighted by Crippen LogP contribution is -2.56. The molecule has 4 rings (SSSR count). The number of phenols is 2. The number of nitrogens with zero attached hydrogens (tertiary/aromatic N) is 1. The number of carbonyl (C=O) groups is 9. The maximum Gasteiger partial charge on any atom is 0.248 e. The molecule has 0 saturated heterocycles. The Bertz CT molecular complexity index is 2700. The minimum absolute atomic E-state index is 0.000133. The van der Waals surface area contributed by atoms with Gasteiger partial charge in [-0.05, 0) is 111 Å². The Hall–Kier alpha value is -8.78. The van der Waals surface area contributed by atoms with Crippen LogP contribution in [0.2, 0.25) is 5.02 Å². The SMILES string of the molecule is CCO.CN(N)/C=C(\N)CC(NC(=O)CCc1ccc(Cl)cc1)C(=O)NC(Cc1ccc(O)cc1)C(=O)NCC(=O)NC(CCCCN)C(=O)NCC(=O)NCC(=O)NC(Cc1ccc(O)cc1)C(N)=O.Cc1ccc(C(N)=O)cc1. The summed E-state index contributed by atoms with van der Waals surface area (Å²) in [4.78, 5) is 115. The average molecular weight is 1150 g/mol. The summed E-state index contributed by atoms with van der Waals surface area (Å²) in [5, 5.41) is 46.1. The number of benzene rings is 4. The molecule has 0 heterocycles. The van der Waals surface area contributed by atoms with E-state index in [-0.39, 0.29) is 61.8 Å². The maximum atomic E-state index is 13.9. The quantitative estimate of drug-likeness (QED) is 0.0179. The summed E-state index contributed by atoms with van der Waals surface area (Å²) < 4.78 is 0. The fourth-order valence-corrected chi connectivity index (χ4v) is 7.29. The van der Waals surface area contributed by atoms with E-state index in [1.165, 1.54) is 54.7 Å². The predicted molar refractivity (Wildman–Crippen MR) is 304 cm³/mol. The first-order valence-electron chi connectivity index (χ1n) is 25.6. The fraction of sp³-hybridized carbons (Fsp3) is 0.364. The highest BCUT2D eigenvalue weighted by Crippen LogP contribution is 2.15. The second kappa shape index (κ2) is 37.2. The second-order valence-electron chi connectivity index (χ2n) is 18.3. The minimum atomic E-state index is -1.33. The zero-order chi connectivity index (χ0) is 60.4. The topological polar surface area (TPSA) is 432 Å². The van der Waals surface area contributed by atoms with Crippen LogP contribution in [0.1, 0.15) is 71.6 Å². The number of aliphatic hydroxyl groups is 1. The van der Waals surface area contributed by atoms with Crippen molar-refractivity contribution in [1.29, 1.82) is 0 Å². The van der Waals surface area contributed by atoms with Crippen molar-refractivity contribution < 1.29 is 58.5 Å². The first-order valence-corrected chi connectivity index (χ1v) is 26.0. The molecule has 4 unspecified atom stereocenters. The monoisotopic (exact) mass is 1150 g/mol. The van der Waals surface area contributed by atoms with Crippen LogP contribution < -0.4 is 66.0 Å². The van der Waals surface area contributed by atoms with Gasteiger partial charge in [-0.15, -0.1) is 0 Å². The molecule has 0 fully saturated rings. The lowest BCUT2D eigenvalue weighted by Gasteiger charge is -2.24. The molecule has 0 aromatic heterocycles. The van der Waals surface area contributed by atoms with Gasteiger partial charge in [-0.3, -0.25) is 43.2 Å². The standard InChI is InChI=1S/C45H61ClN12O10.C8H9NO.C2H6O/c1-58(50)26-31(48)22-37(56-38(61)18-11-27-5-12-30(46)13-6-27)45(68)57-36(21-29-9-16-33(60)17-10-29)44(67)53-25-41(64)54-34(4-2-3-19-47)43(66)52-23-39(62)51-24-40(63)55-35(42(49)65)20-28-7-14-32(59)15-8-28;1-6-2-4-7(5-3-6)8(9)10;1-2-3/h5-10,12-17,26,34-37,59-60H,2-4,11,18-25,47-48,50H2,1H3,(H2,49,65)(H,51,62)(H,52,66)(H,53,67)(H,54,64)(H,55,63)(H,56,61)(H,57,68);2-5H,1H3,(H2,9,10);3H,2H2,1H3/b31-26-;;. The number of rotatable bonds is 29. The van der Waals surface area contributed by atoms with Gasteiger partial charge in [0.2, 0.25) is 53.2 Å². The highest BCUT2D eigenvalue weighted by molar-refractivity contribution is 6.30. The van der Waals surface area contributed by atoms with E-state index in [1.54, 1.807) is 55.5 Å². The van der Waals surface area contributed by atoms with Crippen molar-refractivity contribution in [2.75, 3.05) is 39.8 Å². The van der Waals surface area contributed by atoms with E-state index < -0.39 is 91.1 Å². The van der Waals surface area contributed by atoms with Gasteiger partial charge in [0.05, 0.1) is 19.6 Å². The Balaban J connectivity index is 0.00000152. The number of hydrogen-bond donors (Lipinski definition) is 15. The first-order chi connectivity index (χ1) is 38.4. The number of aromatic hydroxyl groups is 2. The largest absolute Gasteiger partial charge is 0.508 e. The zero-order valence-electron chi connectivity index (χ0n) is 45.5. The molecule has 20 N–H and O–H groups in total. The molecule has 0 aliphatic carbocycles. The molecule has 26 heteroatoms. The number of hydrogen-bond acceptors (Lipinski definition) is 16. The Morgan fingerprint density at radius 3 is 1.57 bits per heavy atom. The molecule has 0 bridgehead atoms. The van der Waals surface area contributed by atoms with Crippen molar-refractivity contribution in [1.82, 2.24) is 42.2 Å². The van der Waals surface area contributed by atoms with E-state index in [4.69, 9.17) is 45.5 Å². The van der Waals surface area contributed by atoms with Crippen LogP contribution in [0.25, 0.3) is 0 Å². The highest BCUT2D eigenvalue weighted by Gasteiger charge is 2.29. The van der Waals surface area contributed by atoms with E-state index in [0.29, 0.717) is 47.5 Å². The van der Waals surface area contributed by atoms with Gasteiger partial charge in [0.25, 0.3) is 0 Å². The number of primary amides is 2. The van der Waals surface area contributed by atoms with Gasteiger partial charge in [0.1, 0.15) is 35.7 Å². The number of halogens is 1. The van der Waals surface area contributed by atoms with Crippen molar-refractivity contribution in [3.8, 4) is 11.5 Å². The molecule has 81 heavy (non-hydrogen) atoms. The molecule has 0 spiro atoms. The van der Waals surface area contributed by atoms with Gasteiger partial charge in [0, 0.05) is 61.8 Å².